The molecule has 0 bridgehead atoms. The first kappa shape index (κ1) is 22.2. The van der Waals surface area contributed by atoms with Crippen LogP contribution in [-0.2, 0) is 0 Å². The fourth-order valence-corrected chi connectivity index (χ4v) is 3.73. The maximum absolute atomic E-state index is 10.1. The van der Waals surface area contributed by atoms with Gasteiger partial charge in [0.2, 0.25) is 5.88 Å². The first-order valence-corrected chi connectivity index (χ1v) is 10.7. The molecule has 0 spiro atoms. The van der Waals surface area contributed by atoms with E-state index >= 15 is 0 Å². The van der Waals surface area contributed by atoms with Gasteiger partial charge in [0.1, 0.15) is 34.6 Å². The number of hydrogen-bond donors (Lipinski definition) is 1. The molecule has 1 aromatic heterocycles. The Morgan fingerprint density at radius 3 is 2.12 bits per heavy atom. The van der Waals surface area contributed by atoms with Crippen molar-refractivity contribution in [2.24, 2.45) is 4.99 Å². The molecule has 6 nitrogen and oxygen atoms in total. The second-order valence-electron chi connectivity index (χ2n) is 7.02. The third kappa shape index (κ3) is 4.61. The molecule has 3 aromatic carbocycles. The predicted molar refractivity (Wildman–Crippen MR) is 130 cm³/mol. The van der Waals surface area contributed by atoms with Crippen molar-refractivity contribution in [2.45, 2.75) is 0 Å². The van der Waals surface area contributed by atoms with E-state index in [1.807, 2.05) is 48.5 Å². The lowest BCUT2D eigenvalue weighted by Crippen LogP contribution is -1.87. The quantitative estimate of drug-likeness (QED) is 0.295. The molecule has 1 heterocycles. The van der Waals surface area contributed by atoms with Gasteiger partial charge >= 0.3 is 0 Å². The van der Waals surface area contributed by atoms with Crippen molar-refractivity contribution >= 4 is 28.0 Å². The fourth-order valence-electron chi connectivity index (χ4n) is 3.35. The summed E-state index contributed by atoms with van der Waals surface area (Å²) < 4.78 is 17.4. The number of phenolic OH excluding ortho intramolecular Hbond substituents is 1. The molecule has 1 N–H and O–H groups in total. The molecule has 0 atom stereocenters. The minimum Gasteiger partial charge on any atom is -0.507 e. The second kappa shape index (κ2) is 9.63. The summed E-state index contributed by atoms with van der Waals surface area (Å²) in [7, 11) is 3.20. The van der Waals surface area contributed by atoms with Gasteiger partial charge in [0.05, 0.1) is 14.2 Å². The Morgan fingerprint density at radius 1 is 0.939 bits per heavy atom. The van der Waals surface area contributed by atoms with Crippen LogP contribution in [0.5, 0.6) is 17.2 Å². The van der Waals surface area contributed by atoms with Crippen molar-refractivity contribution in [2.75, 3.05) is 14.2 Å². The molecule has 7 heteroatoms. The Morgan fingerprint density at radius 2 is 1.55 bits per heavy atom. The SMILES string of the molecule is COc1ccc(-c2oc(N=Cc3cc(Br)ccc3O)c(C#N)c2-c2ccc(OC)cc2)cc1. The zero-order valence-electron chi connectivity index (χ0n) is 17.9. The third-order valence-electron chi connectivity index (χ3n) is 5.04. The highest BCUT2D eigenvalue weighted by Crippen LogP contribution is 2.43. The van der Waals surface area contributed by atoms with Crippen molar-refractivity contribution in [1.82, 2.24) is 0 Å². The van der Waals surface area contributed by atoms with Crippen molar-refractivity contribution < 1.29 is 19.0 Å². The van der Waals surface area contributed by atoms with Crippen LogP contribution in [-0.4, -0.2) is 25.5 Å². The van der Waals surface area contributed by atoms with Crippen molar-refractivity contribution in [3.05, 3.63) is 82.3 Å². The molecule has 0 saturated heterocycles. The summed E-state index contributed by atoms with van der Waals surface area (Å²) in [5.41, 5.74) is 2.95. The molecule has 0 radical (unpaired) electrons. The number of halogens is 1. The highest BCUT2D eigenvalue weighted by Gasteiger charge is 2.23. The number of ether oxygens (including phenoxy) is 2. The summed E-state index contributed by atoms with van der Waals surface area (Å²) in [6.45, 7) is 0. The molecular weight excluding hydrogens is 484 g/mol. The Labute approximate surface area is 199 Å². The van der Waals surface area contributed by atoms with Crippen molar-refractivity contribution in [3.63, 3.8) is 0 Å². The standard InChI is InChI=1S/C26H19BrN2O4/c1-31-20-8-3-16(4-9-20)24-22(14-28)26(29-15-18-13-19(27)7-12-23(18)30)33-25(24)17-5-10-21(32-2)11-6-17/h3-13,15,30H,1-2H3. The summed E-state index contributed by atoms with van der Waals surface area (Å²) in [6, 6.07) is 22.0. The van der Waals surface area contributed by atoms with E-state index in [1.165, 1.54) is 6.21 Å². The largest absolute Gasteiger partial charge is 0.507 e. The number of hydrogen-bond acceptors (Lipinski definition) is 6. The van der Waals surface area contributed by atoms with Gasteiger partial charge < -0.3 is 19.0 Å². The van der Waals surface area contributed by atoms with Crippen LogP contribution in [0.2, 0.25) is 0 Å². The number of nitrogens with zero attached hydrogens (tertiary/aromatic N) is 2. The van der Waals surface area contributed by atoms with Crippen LogP contribution in [0.15, 0.2) is 80.6 Å². The molecule has 4 rings (SSSR count). The van der Waals surface area contributed by atoms with E-state index in [2.05, 4.69) is 27.0 Å². The van der Waals surface area contributed by atoms with Gasteiger partial charge in [-0.1, -0.05) is 28.1 Å². The number of phenols is 1. The van der Waals surface area contributed by atoms with Crippen LogP contribution < -0.4 is 9.47 Å². The van der Waals surface area contributed by atoms with Gasteiger partial charge in [0.25, 0.3) is 0 Å². The summed E-state index contributed by atoms with van der Waals surface area (Å²) in [5.74, 6) is 2.13. The minimum atomic E-state index is 0.0674. The normalized spacial score (nSPS) is 10.8. The highest BCUT2D eigenvalue weighted by atomic mass is 79.9. The third-order valence-corrected chi connectivity index (χ3v) is 5.54. The average molecular weight is 503 g/mol. The van der Waals surface area contributed by atoms with Crippen LogP contribution >= 0.6 is 15.9 Å². The molecule has 0 aliphatic rings. The van der Waals surface area contributed by atoms with Crippen LogP contribution in [0.25, 0.3) is 22.5 Å². The highest BCUT2D eigenvalue weighted by molar-refractivity contribution is 9.10. The maximum Gasteiger partial charge on any atom is 0.238 e. The van der Waals surface area contributed by atoms with E-state index < -0.39 is 0 Å². The lowest BCUT2D eigenvalue weighted by atomic mass is 9.98. The smallest absolute Gasteiger partial charge is 0.238 e. The molecule has 0 unspecified atom stereocenters. The Balaban J connectivity index is 1.88. The Bertz CT molecular complexity index is 1350. The molecule has 0 aliphatic heterocycles. The zero-order chi connectivity index (χ0) is 23.4. The van der Waals surface area contributed by atoms with Crippen LogP contribution in [0, 0.1) is 11.3 Å². The van der Waals surface area contributed by atoms with Gasteiger partial charge in [-0.25, -0.2) is 4.99 Å². The number of rotatable bonds is 6. The second-order valence-corrected chi connectivity index (χ2v) is 7.93. The molecule has 0 aliphatic carbocycles. The summed E-state index contributed by atoms with van der Waals surface area (Å²) >= 11 is 3.38. The van der Waals surface area contributed by atoms with Crippen molar-refractivity contribution in [1.29, 1.82) is 5.26 Å². The van der Waals surface area contributed by atoms with Crippen LogP contribution in [0.3, 0.4) is 0 Å². The van der Waals surface area contributed by atoms with Crippen LogP contribution in [0.1, 0.15) is 11.1 Å². The monoisotopic (exact) mass is 502 g/mol. The lowest BCUT2D eigenvalue weighted by molar-refractivity contribution is 0.414. The number of aliphatic imine (C=N–C) groups is 1. The molecule has 164 valence electrons. The number of benzene rings is 3. The number of nitriles is 1. The number of furan rings is 1. The number of methoxy groups -OCH3 is 2. The molecule has 4 aromatic rings. The van der Waals surface area contributed by atoms with Gasteiger partial charge in [-0.15, -0.1) is 0 Å². The molecule has 33 heavy (non-hydrogen) atoms. The zero-order valence-corrected chi connectivity index (χ0v) is 19.5. The predicted octanol–water partition coefficient (Wildman–Crippen LogP) is 6.72. The fraction of sp³-hybridized carbons (Fsp3) is 0.0769. The van der Waals surface area contributed by atoms with E-state index in [0.717, 1.165) is 15.6 Å². The van der Waals surface area contributed by atoms with E-state index in [9.17, 15) is 10.4 Å². The van der Waals surface area contributed by atoms with Gasteiger partial charge in [-0.3, -0.25) is 0 Å². The van der Waals surface area contributed by atoms with Crippen LogP contribution in [0.4, 0.5) is 5.88 Å². The molecular formula is C26H19BrN2O4. The van der Waals surface area contributed by atoms with Crippen molar-refractivity contribution in [3.8, 4) is 45.8 Å². The van der Waals surface area contributed by atoms with Gasteiger partial charge in [0.15, 0.2) is 0 Å². The minimum absolute atomic E-state index is 0.0674. The van der Waals surface area contributed by atoms with E-state index in [4.69, 9.17) is 13.9 Å². The Hall–Kier alpha value is -4.02. The average Bonchev–Trinajstić information content (AvgIpc) is 3.23. The summed E-state index contributed by atoms with van der Waals surface area (Å²) in [4.78, 5) is 4.40. The topological polar surface area (TPSA) is 88.0 Å². The summed E-state index contributed by atoms with van der Waals surface area (Å²) in [5, 5.41) is 20.1. The molecule has 0 fully saturated rings. The number of aromatic hydroxyl groups is 1. The Kier molecular flexibility index (Phi) is 6.48. The lowest BCUT2D eigenvalue weighted by Gasteiger charge is -2.06. The molecule has 0 amide bonds. The first-order valence-electron chi connectivity index (χ1n) is 9.92. The van der Waals surface area contributed by atoms with Gasteiger partial charge in [-0.2, -0.15) is 5.26 Å². The van der Waals surface area contributed by atoms with Gasteiger partial charge in [0, 0.05) is 27.4 Å². The van der Waals surface area contributed by atoms with E-state index in [-0.39, 0.29) is 17.2 Å². The first-order chi connectivity index (χ1) is 16.0. The molecule has 0 saturated carbocycles. The summed E-state index contributed by atoms with van der Waals surface area (Å²) in [6.07, 6.45) is 1.47. The maximum atomic E-state index is 10.1. The van der Waals surface area contributed by atoms with Gasteiger partial charge in [-0.05, 0) is 60.2 Å². The van der Waals surface area contributed by atoms with E-state index in [0.29, 0.717) is 28.4 Å². The van der Waals surface area contributed by atoms with E-state index in [1.54, 1.807) is 32.4 Å².